The van der Waals surface area contributed by atoms with Gasteiger partial charge in [-0.05, 0) is 33.4 Å². The Bertz CT molecular complexity index is 2390. The highest BCUT2D eigenvalue weighted by Gasteiger charge is 2.52. The van der Waals surface area contributed by atoms with Gasteiger partial charge in [0.05, 0.1) is 12.9 Å². The van der Waals surface area contributed by atoms with Crippen LogP contribution in [0.25, 0.3) is 11.2 Å². The Morgan fingerprint density at radius 3 is 1.41 bits per heavy atom. The summed E-state index contributed by atoms with van der Waals surface area (Å²) in [5.41, 5.74) is 9.20. The zero-order valence-electron chi connectivity index (χ0n) is 31.3. The molecule has 2 aromatic heterocycles. The number of halogens is 1. The second-order valence-electron chi connectivity index (χ2n) is 14.2. The maximum absolute atomic E-state index is 14.9. The molecule has 0 spiro atoms. The highest BCUT2D eigenvalue weighted by molar-refractivity contribution is 5.81. The fraction of sp³-hybridized carbons (Fsp3) is 0.146. The van der Waals surface area contributed by atoms with E-state index in [0.29, 0.717) is 0 Å². The first-order valence-corrected chi connectivity index (χ1v) is 19.1. The monoisotopic (exact) mass is 769 g/mol. The molecule has 1 fully saturated rings. The molecular weight excluding hydrogens is 730 g/mol. The highest BCUT2D eigenvalue weighted by atomic mass is 19.1. The lowest BCUT2D eigenvalue weighted by Crippen LogP contribution is -2.45. The number of aliphatic hydroxyl groups excluding tert-OH is 1. The molecule has 0 aliphatic carbocycles. The molecule has 0 radical (unpaired) electrons. The van der Waals surface area contributed by atoms with Gasteiger partial charge in [0.25, 0.3) is 0 Å². The number of aromatic nitrogens is 4. The molecule has 9 nitrogen and oxygen atoms in total. The van der Waals surface area contributed by atoms with Crippen LogP contribution >= 0.6 is 0 Å². The second-order valence-corrected chi connectivity index (χ2v) is 14.2. The number of nitrogens with zero attached hydrogens (tertiary/aromatic N) is 4. The first-order valence-electron chi connectivity index (χ1n) is 19.1. The Labute approximate surface area is 335 Å². The average Bonchev–Trinajstić information content (AvgIpc) is 3.84. The van der Waals surface area contributed by atoms with Crippen molar-refractivity contribution in [2.75, 3.05) is 12.3 Å². The summed E-state index contributed by atoms with van der Waals surface area (Å²) in [6.45, 7) is -0.0800. The molecule has 4 atom stereocenters. The molecule has 1 saturated heterocycles. The number of imidazole rings is 1. The number of nitrogen functional groups attached to an aromatic ring is 1. The molecule has 6 aromatic carbocycles. The minimum absolute atomic E-state index is 0.0800. The normalized spacial score (nSPS) is 18.4. The fourth-order valence-corrected chi connectivity index (χ4v) is 8.21. The zero-order chi connectivity index (χ0) is 39.5. The van der Waals surface area contributed by atoms with Gasteiger partial charge in [0, 0.05) is 0 Å². The lowest BCUT2D eigenvalue weighted by Gasteiger charge is -2.40. The molecule has 1 aliphatic rings. The Morgan fingerprint density at radius 2 is 1.00 bits per heavy atom. The van der Waals surface area contributed by atoms with Gasteiger partial charge in [-0.1, -0.05) is 182 Å². The number of nitrogens with two attached hydrogens (primary N) is 1. The van der Waals surface area contributed by atoms with Crippen LogP contribution in [-0.2, 0) is 25.4 Å². The van der Waals surface area contributed by atoms with Crippen LogP contribution in [0.2, 0.25) is 0 Å². The Hall–Kier alpha value is -6.56. The molecular formula is C48H40FN5O4. The third-order valence-corrected chi connectivity index (χ3v) is 10.9. The molecule has 9 rings (SSSR count). The topological polar surface area (TPSA) is 118 Å². The third-order valence-electron chi connectivity index (χ3n) is 10.9. The number of anilines is 1. The van der Waals surface area contributed by atoms with Crippen LogP contribution in [-0.4, -0.2) is 49.5 Å². The van der Waals surface area contributed by atoms with Gasteiger partial charge in [-0.3, -0.25) is 4.57 Å². The van der Waals surface area contributed by atoms with E-state index in [0.717, 1.165) is 33.4 Å². The first kappa shape index (κ1) is 37.0. The van der Waals surface area contributed by atoms with Gasteiger partial charge >= 0.3 is 6.08 Å². The van der Waals surface area contributed by atoms with Crippen molar-refractivity contribution in [3.63, 3.8) is 0 Å². The Morgan fingerprint density at radius 1 is 0.603 bits per heavy atom. The second kappa shape index (κ2) is 15.8. The van der Waals surface area contributed by atoms with Crippen molar-refractivity contribution in [1.82, 2.24) is 19.5 Å². The zero-order valence-corrected chi connectivity index (χ0v) is 31.3. The average molecular weight is 770 g/mol. The maximum Gasteiger partial charge on any atom is 0.312 e. The van der Waals surface area contributed by atoms with Gasteiger partial charge in [0.15, 0.2) is 23.2 Å². The molecule has 8 aromatic rings. The number of ether oxygens (including phenoxy) is 3. The number of benzene rings is 6. The van der Waals surface area contributed by atoms with Gasteiger partial charge in [-0.2, -0.15) is 14.4 Å². The summed E-state index contributed by atoms with van der Waals surface area (Å²) < 4.78 is 38.0. The van der Waals surface area contributed by atoms with E-state index < -0.39 is 41.8 Å². The van der Waals surface area contributed by atoms with Crippen LogP contribution in [0.1, 0.15) is 39.6 Å². The molecule has 0 bridgehead atoms. The van der Waals surface area contributed by atoms with Crippen LogP contribution in [0.3, 0.4) is 0 Å². The van der Waals surface area contributed by atoms with Crippen molar-refractivity contribution in [3.05, 3.63) is 228 Å². The van der Waals surface area contributed by atoms with Crippen molar-refractivity contribution < 1.29 is 23.7 Å². The van der Waals surface area contributed by atoms with Crippen molar-refractivity contribution in [2.24, 2.45) is 0 Å². The van der Waals surface area contributed by atoms with E-state index in [9.17, 15) is 9.50 Å². The van der Waals surface area contributed by atoms with E-state index in [1.807, 2.05) is 182 Å². The number of fused-ring (bicyclic) bond motifs is 1. The Kier molecular flexibility index (Phi) is 10.1. The van der Waals surface area contributed by atoms with Gasteiger partial charge in [-0.25, -0.2) is 4.98 Å². The van der Waals surface area contributed by atoms with Crippen molar-refractivity contribution in [1.29, 1.82) is 0 Å². The predicted octanol–water partition coefficient (Wildman–Crippen LogP) is 8.19. The maximum atomic E-state index is 14.9. The molecule has 0 unspecified atom stereocenters. The van der Waals surface area contributed by atoms with Crippen molar-refractivity contribution >= 4 is 17.0 Å². The van der Waals surface area contributed by atoms with E-state index in [1.165, 1.54) is 6.33 Å². The smallest absolute Gasteiger partial charge is 0.312 e. The SMILES string of the molecule is Nc1nc(F)nc2c1ncn2[C@@H]1O[C@H](COC(c2ccccc2)(c2ccccc2)c2ccccc2)[C@@H](O)[C@H]1OC(c1ccccc1)(c1ccccc1)c1ccccc1. The van der Waals surface area contributed by atoms with E-state index >= 15 is 0 Å². The summed E-state index contributed by atoms with van der Waals surface area (Å²) in [4.78, 5) is 12.3. The van der Waals surface area contributed by atoms with Crippen LogP contribution < -0.4 is 5.73 Å². The van der Waals surface area contributed by atoms with Crippen LogP contribution in [0.5, 0.6) is 0 Å². The molecule has 3 heterocycles. The molecule has 0 amide bonds. The van der Waals surface area contributed by atoms with Gasteiger partial charge < -0.3 is 25.1 Å². The summed E-state index contributed by atoms with van der Waals surface area (Å²) in [5, 5.41) is 12.7. The van der Waals surface area contributed by atoms with Gasteiger partial charge in [0.2, 0.25) is 0 Å². The van der Waals surface area contributed by atoms with Crippen LogP contribution in [0.4, 0.5) is 10.2 Å². The molecule has 1 aliphatic heterocycles. The quantitative estimate of drug-likeness (QED) is 0.0944. The summed E-state index contributed by atoms with van der Waals surface area (Å²) in [7, 11) is 0. The molecule has 10 heteroatoms. The summed E-state index contributed by atoms with van der Waals surface area (Å²) in [5.74, 6) is -0.122. The third kappa shape index (κ3) is 6.52. The summed E-state index contributed by atoms with van der Waals surface area (Å²) in [6, 6.07) is 59.6. The standard InChI is InChI=1S/C48H40FN5O4/c49-46-52-43(50)40-44(53-46)54(32-51-40)45-42(58-48(36-25-13-4-14-26-36,37-27-15-5-16-28-37)38-29-17-6-18-30-38)41(55)39(57-45)31-56-47(33-19-7-1-8-20-33,34-21-9-2-10-22-34)35-23-11-3-12-24-35/h1-30,32,39,41-42,45,55H,31H2,(H2,50,52,53)/t39-,41-,42-,45-/m1/s1. The lowest BCUT2D eigenvalue weighted by atomic mass is 9.79. The summed E-state index contributed by atoms with van der Waals surface area (Å²) in [6.07, 6.45) is -4.01. The molecule has 288 valence electrons. The van der Waals surface area contributed by atoms with E-state index in [-0.39, 0.29) is 23.6 Å². The Balaban J connectivity index is 1.20. The van der Waals surface area contributed by atoms with Crippen molar-refractivity contribution in [3.8, 4) is 0 Å². The van der Waals surface area contributed by atoms with E-state index in [1.54, 1.807) is 4.57 Å². The van der Waals surface area contributed by atoms with Gasteiger partial charge in [0.1, 0.15) is 29.5 Å². The van der Waals surface area contributed by atoms with E-state index in [2.05, 4.69) is 15.0 Å². The van der Waals surface area contributed by atoms with E-state index in [4.69, 9.17) is 19.9 Å². The van der Waals surface area contributed by atoms with Crippen LogP contribution in [0, 0.1) is 6.08 Å². The number of hydrogen-bond donors (Lipinski definition) is 2. The number of rotatable bonds is 12. The highest BCUT2D eigenvalue weighted by Crippen LogP contribution is 2.47. The number of hydrogen-bond acceptors (Lipinski definition) is 8. The van der Waals surface area contributed by atoms with Crippen molar-refractivity contribution in [2.45, 2.75) is 35.7 Å². The molecule has 0 saturated carbocycles. The minimum Gasteiger partial charge on any atom is -0.387 e. The fourth-order valence-electron chi connectivity index (χ4n) is 8.21. The molecule has 58 heavy (non-hydrogen) atoms. The number of aliphatic hydroxyl groups is 1. The molecule has 3 N–H and O–H groups in total. The summed E-state index contributed by atoms with van der Waals surface area (Å²) >= 11 is 0. The predicted molar refractivity (Wildman–Crippen MR) is 219 cm³/mol. The minimum atomic E-state index is -1.29. The first-order chi connectivity index (χ1) is 28.5. The van der Waals surface area contributed by atoms with Crippen LogP contribution in [0.15, 0.2) is 188 Å². The van der Waals surface area contributed by atoms with Gasteiger partial charge in [-0.15, -0.1) is 0 Å². The lowest BCUT2D eigenvalue weighted by molar-refractivity contribution is -0.123. The largest absolute Gasteiger partial charge is 0.387 e.